The van der Waals surface area contributed by atoms with Crippen LogP contribution in [-0.4, -0.2) is 36.1 Å². The number of benzene rings is 1. The molecule has 0 atom stereocenters. The van der Waals surface area contributed by atoms with Crippen molar-refractivity contribution in [1.82, 2.24) is 4.90 Å². The second kappa shape index (κ2) is 7.28. The average Bonchev–Trinajstić information content (AvgIpc) is 2.73. The quantitative estimate of drug-likeness (QED) is 0.528. The molecule has 1 aliphatic heterocycles. The minimum absolute atomic E-state index is 0.180. The number of nitriles is 1. The smallest absolute Gasteiger partial charge is 0.116 e. The van der Waals surface area contributed by atoms with Gasteiger partial charge in [-0.1, -0.05) is 24.4 Å². The number of anilines is 1. The predicted molar refractivity (Wildman–Crippen MR) is 94.7 cm³/mol. The zero-order chi connectivity index (χ0) is 16.1. The Bertz CT molecular complexity index is 630. The van der Waals surface area contributed by atoms with Crippen LogP contribution in [0.25, 0.3) is 0 Å². The van der Waals surface area contributed by atoms with Gasteiger partial charge in [0.1, 0.15) is 16.6 Å². The first-order chi connectivity index (χ1) is 10.5. The van der Waals surface area contributed by atoms with Gasteiger partial charge in [0, 0.05) is 37.6 Å². The van der Waals surface area contributed by atoms with Crippen molar-refractivity contribution in [3.8, 4) is 6.07 Å². The van der Waals surface area contributed by atoms with Crippen LogP contribution < -0.4 is 10.6 Å². The summed E-state index contributed by atoms with van der Waals surface area (Å²) in [4.78, 5) is 4.79. The Balaban J connectivity index is 2.13. The van der Waals surface area contributed by atoms with E-state index in [9.17, 15) is 5.26 Å². The van der Waals surface area contributed by atoms with E-state index in [-0.39, 0.29) is 4.99 Å². The predicted octanol–water partition coefficient (Wildman–Crippen LogP) is 2.59. The molecule has 5 heteroatoms. The number of nitrogens with two attached hydrogens (primary N) is 1. The molecule has 0 radical (unpaired) electrons. The lowest BCUT2D eigenvalue weighted by Gasteiger charge is -2.26. The van der Waals surface area contributed by atoms with E-state index >= 15 is 0 Å². The fourth-order valence-electron chi connectivity index (χ4n) is 2.81. The SMILES string of the molecule is CC(=C(C#N)C(N)=S)N1CCCN(c2cccc(C)c2)CC1. The van der Waals surface area contributed by atoms with Gasteiger partial charge in [0.2, 0.25) is 0 Å². The molecule has 0 amide bonds. The van der Waals surface area contributed by atoms with Crippen molar-refractivity contribution in [2.75, 3.05) is 31.1 Å². The van der Waals surface area contributed by atoms with Crippen molar-refractivity contribution in [3.63, 3.8) is 0 Å². The van der Waals surface area contributed by atoms with E-state index in [1.54, 1.807) is 0 Å². The van der Waals surface area contributed by atoms with E-state index in [1.807, 2.05) is 6.92 Å². The molecule has 1 saturated heterocycles. The van der Waals surface area contributed by atoms with Crippen LogP contribution in [0.3, 0.4) is 0 Å². The summed E-state index contributed by atoms with van der Waals surface area (Å²) in [5.74, 6) is 0. The lowest BCUT2D eigenvalue weighted by molar-refractivity contribution is 0.369. The molecule has 4 nitrogen and oxygen atoms in total. The van der Waals surface area contributed by atoms with E-state index in [4.69, 9.17) is 18.0 Å². The lowest BCUT2D eigenvalue weighted by Crippen LogP contribution is -2.31. The van der Waals surface area contributed by atoms with Gasteiger partial charge in [-0.15, -0.1) is 0 Å². The van der Waals surface area contributed by atoms with Gasteiger partial charge in [-0.2, -0.15) is 5.26 Å². The number of allylic oxidation sites excluding steroid dienone is 1. The fraction of sp³-hybridized carbons (Fsp3) is 0.412. The Morgan fingerprint density at radius 3 is 2.68 bits per heavy atom. The molecule has 0 saturated carbocycles. The van der Waals surface area contributed by atoms with Gasteiger partial charge in [0.15, 0.2) is 0 Å². The molecule has 1 aromatic rings. The monoisotopic (exact) mass is 314 g/mol. The molecule has 1 aromatic carbocycles. The van der Waals surface area contributed by atoms with Gasteiger partial charge < -0.3 is 15.5 Å². The number of nitrogens with zero attached hydrogens (tertiary/aromatic N) is 3. The highest BCUT2D eigenvalue weighted by Gasteiger charge is 2.18. The van der Waals surface area contributed by atoms with Crippen molar-refractivity contribution in [3.05, 3.63) is 41.1 Å². The van der Waals surface area contributed by atoms with Crippen LogP contribution in [0.5, 0.6) is 0 Å². The minimum atomic E-state index is 0.180. The Morgan fingerprint density at radius 2 is 2.05 bits per heavy atom. The summed E-state index contributed by atoms with van der Waals surface area (Å²) >= 11 is 4.97. The highest BCUT2D eigenvalue weighted by molar-refractivity contribution is 7.80. The maximum Gasteiger partial charge on any atom is 0.116 e. The van der Waals surface area contributed by atoms with Gasteiger partial charge in [-0.3, -0.25) is 0 Å². The van der Waals surface area contributed by atoms with Crippen LogP contribution in [0.4, 0.5) is 5.69 Å². The van der Waals surface area contributed by atoms with Gasteiger partial charge in [-0.05, 0) is 38.0 Å². The number of hydrogen-bond acceptors (Lipinski definition) is 4. The molecule has 0 aromatic heterocycles. The Morgan fingerprint density at radius 1 is 1.27 bits per heavy atom. The van der Waals surface area contributed by atoms with Crippen molar-refractivity contribution < 1.29 is 0 Å². The van der Waals surface area contributed by atoms with Crippen molar-refractivity contribution >= 4 is 22.9 Å². The second-order valence-corrected chi connectivity index (χ2v) is 6.04. The lowest BCUT2D eigenvalue weighted by atomic mass is 10.2. The maximum absolute atomic E-state index is 9.22. The third-order valence-corrected chi connectivity index (χ3v) is 4.26. The van der Waals surface area contributed by atoms with Crippen LogP contribution in [0.2, 0.25) is 0 Å². The zero-order valence-corrected chi connectivity index (χ0v) is 14.0. The molecule has 1 aliphatic rings. The normalized spacial score (nSPS) is 16.6. The molecule has 22 heavy (non-hydrogen) atoms. The zero-order valence-electron chi connectivity index (χ0n) is 13.2. The molecule has 1 heterocycles. The van der Waals surface area contributed by atoms with Crippen LogP contribution in [0.15, 0.2) is 35.5 Å². The maximum atomic E-state index is 9.22. The molecule has 116 valence electrons. The van der Waals surface area contributed by atoms with E-state index in [2.05, 4.69) is 47.1 Å². The summed E-state index contributed by atoms with van der Waals surface area (Å²) in [5, 5.41) is 9.22. The number of aryl methyl sites for hydroxylation is 1. The largest absolute Gasteiger partial charge is 0.389 e. The number of hydrogen-bond donors (Lipinski definition) is 1. The van der Waals surface area contributed by atoms with E-state index in [0.29, 0.717) is 5.57 Å². The highest BCUT2D eigenvalue weighted by atomic mass is 32.1. The van der Waals surface area contributed by atoms with E-state index < -0.39 is 0 Å². The summed E-state index contributed by atoms with van der Waals surface area (Å²) < 4.78 is 0. The number of rotatable bonds is 3. The van der Waals surface area contributed by atoms with E-state index in [0.717, 1.165) is 38.3 Å². The standard InChI is InChI=1S/C17H22N4S/c1-13-5-3-6-15(11-13)21-8-4-7-20(9-10-21)14(2)16(12-18)17(19)22/h3,5-6,11H,4,7-10H2,1-2H3,(H2,19,22). The van der Waals surface area contributed by atoms with Crippen molar-refractivity contribution in [2.45, 2.75) is 20.3 Å². The van der Waals surface area contributed by atoms with E-state index in [1.165, 1.54) is 11.3 Å². The summed E-state index contributed by atoms with van der Waals surface area (Å²) in [6.07, 6.45) is 1.04. The summed E-state index contributed by atoms with van der Waals surface area (Å²) in [7, 11) is 0. The third-order valence-electron chi connectivity index (χ3n) is 4.06. The summed E-state index contributed by atoms with van der Waals surface area (Å²) in [5.41, 5.74) is 9.50. The van der Waals surface area contributed by atoms with Gasteiger partial charge in [0.25, 0.3) is 0 Å². The second-order valence-electron chi connectivity index (χ2n) is 5.60. The third kappa shape index (κ3) is 3.77. The highest BCUT2D eigenvalue weighted by Crippen LogP contribution is 2.20. The van der Waals surface area contributed by atoms with Crippen LogP contribution >= 0.6 is 12.2 Å². The van der Waals surface area contributed by atoms with Crippen LogP contribution in [-0.2, 0) is 0 Å². The molecule has 1 fully saturated rings. The Labute approximate surface area is 137 Å². The molecular formula is C17H22N4S. The molecular weight excluding hydrogens is 292 g/mol. The first-order valence-electron chi connectivity index (χ1n) is 7.50. The topological polar surface area (TPSA) is 56.3 Å². The Hall–Kier alpha value is -2.06. The fourth-order valence-corrected chi connectivity index (χ4v) is 3.00. The van der Waals surface area contributed by atoms with Gasteiger partial charge in [0.05, 0.1) is 0 Å². The molecule has 0 unspecified atom stereocenters. The van der Waals surface area contributed by atoms with Gasteiger partial charge in [-0.25, -0.2) is 0 Å². The summed E-state index contributed by atoms with van der Waals surface area (Å²) in [6, 6.07) is 10.7. The number of thiocarbonyl (C=S) groups is 1. The molecule has 0 aliphatic carbocycles. The average molecular weight is 314 g/mol. The van der Waals surface area contributed by atoms with Crippen LogP contribution in [0.1, 0.15) is 18.9 Å². The van der Waals surface area contributed by atoms with Crippen molar-refractivity contribution in [2.24, 2.45) is 5.73 Å². The first kappa shape index (κ1) is 16.3. The molecule has 2 N–H and O–H groups in total. The van der Waals surface area contributed by atoms with Crippen LogP contribution in [0, 0.1) is 18.3 Å². The van der Waals surface area contributed by atoms with Gasteiger partial charge >= 0.3 is 0 Å². The molecule has 2 rings (SSSR count). The summed E-state index contributed by atoms with van der Waals surface area (Å²) in [6.45, 7) is 7.77. The van der Waals surface area contributed by atoms with Crippen molar-refractivity contribution in [1.29, 1.82) is 5.26 Å². The minimum Gasteiger partial charge on any atom is -0.389 e. The first-order valence-corrected chi connectivity index (χ1v) is 7.91. The molecule has 0 bridgehead atoms. The Kier molecular flexibility index (Phi) is 5.40. The molecule has 0 spiro atoms.